The Hall–Kier alpha value is -2.66. The van der Waals surface area contributed by atoms with Gasteiger partial charge < -0.3 is 16.0 Å². The molecule has 2 atom stereocenters. The molecule has 5 heteroatoms. The van der Waals surface area contributed by atoms with Gasteiger partial charge in [-0.2, -0.15) is 0 Å². The highest BCUT2D eigenvalue weighted by Gasteiger charge is 2.32. The maximum atomic E-state index is 12.7. The van der Waals surface area contributed by atoms with E-state index in [0.717, 1.165) is 49.2 Å². The SMILES string of the molecule is NC[C@H]1CCC[C@H]1C(=O)Nc1ccc(CC(=O)N2CCc3ccccc32)cc1. The second-order valence-corrected chi connectivity index (χ2v) is 7.82. The molecule has 28 heavy (non-hydrogen) atoms. The average molecular weight is 377 g/mol. The van der Waals surface area contributed by atoms with Gasteiger partial charge in [0.25, 0.3) is 0 Å². The summed E-state index contributed by atoms with van der Waals surface area (Å²) < 4.78 is 0. The second-order valence-electron chi connectivity index (χ2n) is 7.82. The average Bonchev–Trinajstić information content (AvgIpc) is 3.36. The second kappa shape index (κ2) is 8.15. The first kappa shape index (κ1) is 18.7. The van der Waals surface area contributed by atoms with Crippen LogP contribution in [0, 0.1) is 11.8 Å². The molecule has 0 aromatic heterocycles. The number of hydrogen-bond donors (Lipinski definition) is 2. The van der Waals surface area contributed by atoms with Gasteiger partial charge in [-0.1, -0.05) is 36.8 Å². The van der Waals surface area contributed by atoms with Crippen LogP contribution < -0.4 is 16.0 Å². The fourth-order valence-corrected chi connectivity index (χ4v) is 4.47. The van der Waals surface area contributed by atoms with Crippen LogP contribution in [-0.2, 0) is 22.4 Å². The molecule has 1 heterocycles. The normalized spacial score (nSPS) is 20.8. The van der Waals surface area contributed by atoms with Crippen molar-refractivity contribution in [1.29, 1.82) is 0 Å². The number of nitrogens with two attached hydrogens (primary N) is 1. The Morgan fingerprint density at radius 1 is 1.07 bits per heavy atom. The number of anilines is 2. The predicted molar refractivity (Wildman–Crippen MR) is 111 cm³/mol. The van der Waals surface area contributed by atoms with Gasteiger partial charge in [0.2, 0.25) is 11.8 Å². The Balaban J connectivity index is 1.36. The van der Waals surface area contributed by atoms with E-state index in [1.807, 2.05) is 47.4 Å². The monoisotopic (exact) mass is 377 g/mol. The summed E-state index contributed by atoms with van der Waals surface area (Å²) in [5.74, 6) is 0.477. The van der Waals surface area contributed by atoms with Crippen LogP contribution in [0.3, 0.4) is 0 Å². The number of hydrogen-bond acceptors (Lipinski definition) is 3. The van der Waals surface area contributed by atoms with Crippen molar-refractivity contribution in [3.63, 3.8) is 0 Å². The Kier molecular flexibility index (Phi) is 5.44. The number of nitrogens with zero attached hydrogens (tertiary/aromatic N) is 1. The largest absolute Gasteiger partial charge is 0.330 e. The van der Waals surface area contributed by atoms with Gasteiger partial charge in [0.15, 0.2) is 0 Å². The van der Waals surface area contributed by atoms with E-state index in [2.05, 4.69) is 11.4 Å². The number of carbonyl (C=O) groups is 2. The van der Waals surface area contributed by atoms with Gasteiger partial charge in [-0.3, -0.25) is 9.59 Å². The number of fused-ring (bicyclic) bond motifs is 1. The smallest absolute Gasteiger partial charge is 0.231 e. The first-order valence-electron chi connectivity index (χ1n) is 10.1. The molecule has 146 valence electrons. The minimum Gasteiger partial charge on any atom is -0.330 e. The highest BCUT2D eigenvalue weighted by Crippen LogP contribution is 2.32. The van der Waals surface area contributed by atoms with Crippen molar-refractivity contribution < 1.29 is 9.59 Å². The summed E-state index contributed by atoms with van der Waals surface area (Å²) in [6.07, 6.45) is 4.30. The zero-order valence-electron chi connectivity index (χ0n) is 16.1. The Morgan fingerprint density at radius 2 is 1.86 bits per heavy atom. The molecule has 2 aromatic carbocycles. The molecule has 1 fully saturated rings. The van der Waals surface area contributed by atoms with Crippen molar-refractivity contribution in [2.45, 2.75) is 32.1 Å². The highest BCUT2D eigenvalue weighted by molar-refractivity contribution is 5.97. The fourth-order valence-electron chi connectivity index (χ4n) is 4.47. The lowest BCUT2D eigenvalue weighted by Gasteiger charge is -2.18. The third kappa shape index (κ3) is 3.80. The zero-order valence-corrected chi connectivity index (χ0v) is 16.1. The summed E-state index contributed by atoms with van der Waals surface area (Å²) in [4.78, 5) is 27.1. The molecule has 0 saturated heterocycles. The van der Waals surface area contributed by atoms with Crippen LogP contribution in [0.25, 0.3) is 0 Å². The van der Waals surface area contributed by atoms with Crippen molar-refractivity contribution in [1.82, 2.24) is 0 Å². The van der Waals surface area contributed by atoms with Crippen molar-refractivity contribution >= 4 is 23.2 Å². The summed E-state index contributed by atoms with van der Waals surface area (Å²) in [5.41, 5.74) is 9.78. The molecule has 0 radical (unpaired) electrons. The molecular weight excluding hydrogens is 350 g/mol. The lowest BCUT2D eigenvalue weighted by molar-refractivity contribution is -0.121. The zero-order chi connectivity index (χ0) is 19.5. The van der Waals surface area contributed by atoms with E-state index in [9.17, 15) is 9.59 Å². The van der Waals surface area contributed by atoms with Crippen molar-refractivity contribution in [2.24, 2.45) is 17.6 Å². The number of amides is 2. The fraction of sp³-hybridized carbons (Fsp3) is 0.391. The van der Waals surface area contributed by atoms with E-state index in [1.165, 1.54) is 5.56 Å². The van der Waals surface area contributed by atoms with Crippen molar-refractivity contribution in [3.05, 3.63) is 59.7 Å². The lowest BCUT2D eigenvalue weighted by atomic mass is 9.95. The molecule has 1 saturated carbocycles. The third-order valence-electron chi connectivity index (χ3n) is 6.06. The minimum absolute atomic E-state index is 0.0153. The van der Waals surface area contributed by atoms with Crippen LogP contribution in [0.2, 0.25) is 0 Å². The van der Waals surface area contributed by atoms with Crippen LogP contribution in [-0.4, -0.2) is 24.9 Å². The van der Waals surface area contributed by atoms with E-state index >= 15 is 0 Å². The number of carbonyl (C=O) groups excluding carboxylic acids is 2. The van der Waals surface area contributed by atoms with E-state index in [1.54, 1.807) is 0 Å². The summed E-state index contributed by atoms with van der Waals surface area (Å²) >= 11 is 0. The first-order chi connectivity index (χ1) is 13.7. The minimum atomic E-state index is 0.0153. The quantitative estimate of drug-likeness (QED) is 0.841. The van der Waals surface area contributed by atoms with E-state index in [4.69, 9.17) is 5.73 Å². The van der Waals surface area contributed by atoms with Crippen LogP contribution in [0.15, 0.2) is 48.5 Å². The van der Waals surface area contributed by atoms with Gasteiger partial charge in [-0.05, 0) is 61.1 Å². The molecule has 0 bridgehead atoms. The molecule has 2 aromatic rings. The molecule has 5 nitrogen and oxygen atoms in total. The maximum Gasteiger partial charge on any atom is 0.231 e. The number of para-hydroxylation sites is 1. The highest BCUT2D eigenvalue weighted by atomic mass is 16.2. The van der Waals surface area contributed by atoms with Gasteiger partial charge in [0.1, 0.15) is 0 Å². The van der Waals surface area contributed by atoms with Crippen LogP contribution in [0.5, 0.6) is 0 Å². The van der Waals surface area contributed by atoms with Crippen LogP contribution in [0.1, 0.15) is 30.4 Å². The van der Waals surface area contributed by atoms with Crippen molar-refractivity contribution in [2.75, 3.05) is 23.3 Å². The van der Waals surface area contributed by atoms with E-state index < -0.39 is 0 Å². The Morgan fingerprint density at radius 3 is 2.64 bits per heavy atom. The van der Waals surface area contributed by atoms with Gasteiger partial charge >= 0.3 is 0 Å². The summed E-state index contributed by atoms with van der Waals surface area (Å²) in [5, 5.41) is 3.01. The van der Waals surface area contributed by atoms with Gasteiger partial charge in [0.05, 0.1) is 6.42 Å². The molecule has 0 unspecified atom stereocenters. The molecular formula is C23H27N3O2. The molecule has 4 rings (SSSR count). The molecule has 3 N–H and O–H groups in total. The topological polar surface area (TPSA) is 75.4 Å². The molecule has 2 aliphatic rings. The third-order valence-corrected chi connectivity index (χ3v) is 6.06. The Bertz CT molecular complexity index is 862. The maximum absolute atomic E-state index is 12.7. The lowest BCUT2D eigenvalue weighted by Crippen LogP contribution is -2.30. The number of rotatable bonds is 5. The number of benzene rings is 2. The molecule has 1 aliphatic carbocycles. The van der Waals surface area contributed by atoms with Gasteiger partial charge in [0, 0.05) is 23.8 Å². The summed E-state index contributed by atoms with van der Waals surface area (Å²) in [6.45, 7) is 1.31. The van der Waals surface area contributed by atoms with Gasteiger partial charge in [-0.25, -0.2) is 0 Å². The van der Waals surface area contributed by atoms with Crippen LogP contribution in [0.4, 0.5) is 11.4 Å². The van der Waals surface area contributed by atoms with Crippen molar-refractivity contribution in [3.8, 4) is 0 Å². The van der Waals surface area contributed by atoms with Gasteiger partial charge in [-0.15, -0.1) is 0 Å². The predicted octanol–water partition coefficient (Wildman–Crippen LogP) is 3.13. The molecule has 1 aliphatic heterocycles. The Labute approximate surface area is 165 Å². The van der Waals surface area contributed by atoms with Crippen LogP contribution >= 0.6 is 0 Å². The standard InChI is InChI=1S/C23H27N3O2/c24-15-18-5-3-6-20(18)23(28)25-19-10-8-16(9-11-19)14-22(27)26-13-12-17-4-1-2-7-21(17)26/h1-2,4,7-11,18,20H,3,5-6,12-15,24H2,(H,25,28)/t18-,20-/m1/s1. The first-order valence-corrected chi connectivity index (χ1v) is 10.1. The molecule has 2 amide bonds. The number of nitrogens with one attached hydrogen (secondary N) is 1. The van der Waals surface area contributed by atoms with E-state index in [-0.39, 0.29) is 17.7 Å². The molecule has 0 spiro atoms. The summed E-state index contributed by atoms with van der Waals surface area (Å²) in [7, 11) is 0. The van der Waals surface area contributed by atoms with E-state index in [0.29, 0.717) is 18.9 Å². The summed E-state index contributed by atoms with van der Waals surface area (Å²) in [6, 6.07) is 15.7.